The largest absolute Gasteiger partial charge is 0.505 e. The highest BCUT2D eigenvalue weighted by Crippen LogP contribution is 2.47. The number of hydrogen-bond donors (Lipinski definition) is 6. The molecule has 0 unspecified atom stereocenters. The van der Waals surface area contributed by atoms with Gasteiger partial charge in [0.25, 0.3) is 30.4 Å². The van der Waals surface area contributed by atoms with Crippen molar-refractivity contribution < 1.29 is 78.0 Å². The summed E-state index contributed by atoms with van der Waals surface area (Å²) in [5.41, 5.74) is -2.73. The van der Waals surface area contributed by atoms with Crippen LogP contribution < -0.4 is 5.32 Å². The van der Waals surface area contributed by atoms with Gasteiger partial charge in [0.15, 0.2) is 25.4 Å². The fraction of sp³-hybridized carbons (Fsp3) is 0.111. The highest BCUT2D eigenvalue weighted by atomic mass is 32.3. The molecule has 0 fully saturated rings. The fourth-order valence-corrected chi connectivity index (χ4v) is 8.40. The number of azo groups is 2. The molecule has 0 aromatic heterocycles. The number of rotatable bonds is 16. The van der Waals surface area contributed by atoms with E-state index in [0.29, 0.717) is 23.6 Å². The van der Waals surface area contributed by atoms with E-state index in [2.05, 4.69) is 36.5 Å². The zero-order valence-electron chi connectivity index (χ0n) is 27.5. The van der Waals surface area contributed by atoms with Crippen molar-refractivity contribution in [3.63, 3.8) is 0 Å². The van der Waals surface area contributed by atoms with Crippen molar-refractivity contribution in [3.8, 4) is 5.75 Å². The third kappa shape index (κ3) is 10.9. The summed E-state index contributed by atoms with van der Waals surface area (Å²) in [6, 6.07) is 9.19. The first-order chi connectivity index (χ1) is 25.6. The molecule has 56 heavy (non-hydrogen) atoms. The van der Waals surface area contributed by atoms with E-state index in [9.17, 15) is 69.3 Å². The number of aromatic hydroxyl groups is 1. The smallest absolute Gasteiger partial charge is 0.397 e. The number of nitrogens with one attached hydrogen (secondary N) is 1. The first-order valence-electron chi connectivity index (χ1n) is 14.4. The molecular weight excluding hydrogens is 875 g/mol. The highest BCUT2D eigenvalue weighted by molar-refractivity contribution is 7.94. The molecule has 4 aromatic carbocycles. The molecule has 0 aliphatic heterocycles. The molecule has 302 valence electrons. The number of nitrogens with zero attached hydrogens (tertiary/aromatic N) is 4. The van der Waals surface area contributed by atoms with Gasteiger partial charge in [0.2, 0.25) is 0 Å². The van der Waals surface area contributed by atoms with E-state index in [-0.39, 0.29) is 16.0 Å². The lowest BCUT2D eigenvalue weighted by molar-refractivity contribution is 0.284. The molecule has 4 aromatic rings. The van der Waals surface area contributed by atoms with E-state index >= 15 is 0 Å². The fourth-order valence-electron chi connectivity index (χ4n) is 4.47. The van der Waals surface area contributed by atoms with Gasteiger partial charge in [-0.25, -0.2) is 21.0 Å². The van der Waals surface area contributed by atoms with Crippen LogP contribution in [-0.2, 0) is 64.6 Å². The summed E-state index contributed by atoms with van der Waals surface area (Å²) in [7, 11) is -28.9. The van der Waals surface area contributed by atoms with Crippen molar-refractivity contribution >= 4 is 99.6 Å². The first-order valence-corrected chi connectivity index (χ1v) is 23.4. The van der Waals surface area contributed by atoms with Crippen LogP contribution in [0, 0.1) is 0 Å². The molecule has 0 aliphatic rings. The Morgan fingerprint density at radius 2 is 1.25 bits per heavy atom. The molecular formula is C27H25N5O18S6. The number of hydrogen-bond acceptors (Lipinski definition) is 19. The Balaban J connectivity index is 1.93. The molecule has 0 radical (unpaired) electrons. The maximum Gasteiger partial charge on any atom is 0.397 e. The molecule has 6 N–H and O–H groups in total. The molecule has 0 bridgehead atoms. The molecule has 0 saturated heterocycles. The Morgan fingerprint density at radius 3 is 1.80 bits per heavy atom. The second-order valence-electron chi connectivity index (χ2n) is 10.8. The van der Waals surface area contributed by atoms with Gasteiger partial charge in [0.05, 0.1) is 33.5 Å². The summed E-state index contributed by atoms with van der Waals surface area (Å²) in [6.45, 7) is 2.11. The van der Waals surface area contributed by atoms with Crippen LogP contribution in [0.1, 0.15) is 0 Å². The maximum atomic E-state index is 12.7. The summed E-state index contributed by atoms with van der Waals surface area (Å²) in [6.07, 6.45) is 0. The van der Waals surface area contributed by atoms with Gasteiger partial charge >= 0.3 is 10.4 Å². The summed E-state index contributed by atoms with van der Waals surface area (Å²) in [4.78, 5) is -3.32. The molecule has 0 aliphatic carbocycles. The lowest BCUT2D eigenvalue weighted by Gasteiger charge is -2.14. The van der Waals surface area contributed by atoms with Gasteiger partial charge in [0.1, 0.15) is 32.7 Å². The Kier molecular flexibility index (Phi) is 12.5. The van der Waals surface area contributed by atoms with E-state index < -0.39 is 127 Å². The predicted molar refractivity (Wildman–Crippen MR) is 193 cm³/mol. The summed E-state index contributed by atoms with van der Waals surface area (Å²) >= 11 is 0. The molecule has 0 saturated carbocycles. The molecule has 0 spiro atoms. The minimum absolute atomic E-state index is 0.0621. The SMILES string of the molecule is C=CS(=O)(=O)c1ccc(N=Nc2c(S(=O)(=O)O)cc3c(N=Nc4ccc(S(=O)(=O)CCOS(=O)(=O)O)cc4S(=O)(=O)O)c(NCS(=O)(=O)O)ccc3c2O)cc1. The number of phenols is 1. The van der Waals surface area contributed by atoms with E-state index in [0.717, 1.165) is 42.5 Å². The number of anilines is 1. The Hall–Kier alpha value is -4.82. The lowest BCUT2D eigenvalue weighted by atomic mass is 10.1. The van der Waals surface area contributed by atoms with Gasteiger partial charge in [0, 0.05) is 16.2 Å². The van der Waals surface area contributed by atoms with Crippen LogP contribution in [0.4, 0.5) is 28.4 Å². The van der Waals surface area contributed by atoms with Gasteiger partial charge in [-0.3, -0.25) is 18.2 Å². The zero-order valence-corrected chi connectivity index (χ0v) is 32.4. The highest BCUT2D eigenvalue weighted by Gasteiger charge is 2.26. The number of sulfone groups is 2. The average Bonchev–Trinajstić information content (AvgIpc) is 3.07. The Bertz CT molecular complexity index is 2990. The molecule has 23 nitrogen and oxygen atoms in total. The van der Waals surface area contributed by atoms with Crippen LogP contribution in [0.15, 0.2) is 113 Å². The summed E-state index contributed by atoms with van der Waals surface area (Å²) < 4.78 is 186. The van der Waals surface area contributed by atoms with E-state index in [1.807, 2.05) is 0 Å². The minimum atomic E-state index is -5.35. The molecule has 0 atom stereocenters. The van der Waals surface area contributed by atoms with Crippen molar-refractivity contribution in [2.24, 2.45) is 20.5 Å². The van der Waals surface area contributed by atoms with Gasteiger partial charge in [-0.05, 0) is 60.7 Å². The van der Waals surface area contributed by atoms with Crippen LogP contribution in [0.3, 0.4) is 0 Å². The number of benzene rings is 4. The monoisotopic (exact) mass is 899 g/mol. The van der Waals surface area contributed by atoms with Crippen molar-refractivity contribution in [2.75, 3.05) is 23.6 Å². The quantitative estimate of drug-likeness (QED) is 0.0690. The average molecular weight is 900 g/mol. The standard InChI is InChI=1S/C27H25N5O18S6/c1-2-51(34,35)17-5-3-16(4-6-17)29-32-26-24(55(44,45)46)14-20-19(27(26)33)8-10-22(28-15-53(38,39)40)25(20)31-30-21-9-7-18(13-23(21)54(41,42)43)52(36,37)12-11-50-56(47,48)49/h2-10,13-14,28,33H,1,11-12,15H2,(H,38,39,40)(H,41,42,43)(H,44,45,46)(H,47,48,49). The molecule has 4 rings (SSSR count). The van der Waals surface area contributed by atoms with Gasteiger partial charge < -0.3 is 10.4 Å². The third-order valence-electron chi connectivity index (χ3n) is 6.99. The lowest BCUT2D eigenvalue weighted by Crippen LogP contribution is -2.16. The Labute approximate surface area is 318 Å². The normalized spacial score (nSPS) is 13.4. The van der Waals surface area contributed by atoms with Crippen molar-refractivity contribution in [1.29, 1.82) is 0 Å². The van der Waals surface area contributed by atoms with Gasteiger partial charge in [-0.2, -0.15) is 38.8 Å². The van der Waals surface area contributed by atoms with Crippen molar-refractivity contribution in [1.82, 2.24) is 0 Å². The first kappa shape index (κ1) is 43.9. The topological polar surface area (TPSA) is 377 Å². The summed E-state index contributed by atoms with van der Waals surface area (Å²) in [5, 5.41) is 28.3. The second-order valence-corrected chi connectivity index (χ2v) is 20.1. The molecule has 0 heterocycles. The van der Waals surface area contributed by atoms with Crippen molar-refractivity contribution in [2.45, 2.75) is 19.6 Å². The maximum absolute atomic E-state index is 12.7. The van der Waals surface area contributed by atoms with Gasteiger partial charge in [-0.1, -0.05) is 6.58 Å². The number of fused-ring (bicyclic) bond motifs is 1. The minimum Gasteiger partial charge on any atom is -0.505 e. The number of phenolic OH excluding ortho intramolecular Hbond substituents is 1. The van der Waals surface area contributed by atoms with E-state index in [1.54, 1.807) is 0 Å². The van der Waals surface area contributed by atoms with Crippen LogP contribution >= 0.6 is 0 Å². The van der Waals surface area contributed by atoms with Crippen LogP contribution in [0.5, 0.6) is 5.75 Å². The van der Waals surface area contributed by atoms with Crippen LogP contribution in [-0.4, -0.2) is 92.1 Å². The van der Waals surface area contributed by atoms with Crippen molar-refractivity contribution in [3.05, 3.63) is 72.7 Å². The third-order valence-corrected chi connectivity index (χ3v) is 12.8. The van der Waals surface area contributed by atoms with Gasteiger partial charge in [-0.15, -0.1) is 15.3 Å². The summed E-state index contributed by atoms with van der Waals surface area (Å²) in [5.74, 6) is -3.31. The predicted octanol–water partition coefficient (Wildman–Crippen LogP) is 3.64. The zero-order chi connectivity index (χ0) is 42.1. The Morgan fingerprint density at radius 1 is 0.661 bits per heavy atom. The second kappa shape index (κ2) is 16.0. The van der Waals surface area contributed by atoms with Crippen LogP contribution in [0.2, 0.25) is 0 Å². The van der Waals surface area contributed by atoms with E-state index in [1.165, 1.54) is 0 Å². The van der Waals surface area contributed by atoms with E-state index in [4.69, 9.17) is 4.55 Å². The molecule has 0 amide bonds. The molecule has 29 heteroatoms. The van der Waals surface area contributed by atoms with Crippen LogP contribution in [0.25, 0.3) is 10.8 Å².